The van der Waals surface area contributed by atoms with Gasteiger partial charge in [-0.2, -0.15) is 0 Å². The van der Waals surface area contributed by atoms with Gasteiger partial charge in [0.1, 0.15) is 11.9 Å². The van der Waals surface area contributed by atoms with Crippen molar-refractivity contribution in [3.05, 3.63) is 65.2 Å². The van der Waals surface area contributed by atoms with E-state index in [1.807, 2.05) is 26.0 Å². The number of hydrogen-bond donors (Lipinski definition) is 2. The standard InChI is InChI=1S/C26H34N4O4S/c1-4-18(2)24(28-25-22-10-5-6-11-23(22)35(32,33)29-25)26(31)27-15-20-8-7-9-21(14-20)17-30-12-13-34-19(3)16-30/h5-11,14,18-19,24H,4,12-13,15-17H2,1-3H3,(H,27,31)(H,28,29)/t18-,19?,24-/m0/s1. The average Bonchev–Trinajstić information content (AvgIpc) is 3.10. The van der Waals surface area contributed by atoms with Crippen LogP contribution in [0.1, 0.15) is 43.9 Å². The van der Waals surface area contributed by atoms with Gasteiger partial charge in [0.15, 0.2) is 0 Å². The molecular weight excluding hydrogens is 464 g/mol. The summed E-state index contributed by atoms with van der Waals surface area (Å²) in [7, 11) is -3.66. The summed E-state index contributed by atoms with van der Waals surface area (Å²) in [6.07, 6.45) is 0.970. The first-order chi connectivity index (χ1) is 16.8. The van der Waals surface area contributed by atoms with E-state index >= 15 is 0 Å². The van der Waals surface area contributed by atoms with Crippen molar-refractivity contribution in [2.24, 2.45) is 10.9 Å². The van der Waals surface area contributed by atoms with Crippen molar-refractivity contribution in [2.45, 2.75) is 57.3 Å². The maximum Gasteiger partial charge on any atom is 0.263 e. The van der Waals surface area contributed by atoms with E-state index in [0.717, 1.165) is 38.2 Å². The molecule has 1 fully saturated rings. The number of hydrogen-bond acceptors (Lipinski definition) is 6. The largest absolute Gasteiger partial charge is 0.376 e. The fraction of sp³-hybridized carbons (Fsp3) is 0.462. The maximum atomic E-state index is 13.2. The smallest absolute Gasteiger partial charge is 0.263 e. The highest BCUT2D eigenvalue weighted by atomic mass is 32.2. The van der Waals surface area contributed by atoms with E-state index in [0.29, 0.717) is 12.1 Å². The second-order valence-corrected chi connectivity index (χ2v) is 11.0. The number of amides is 1. The van der Waals surface area contributed by atoms with E-state index in [1.165, 1.54) is 5.56 Å². The van der Waals surface area contributed by atoms with Crippen molar-refractivity contribution in [3.8, 4) is 0 Å². The molecule has 2 N–H and O–H groups in total. The molecule has 0 saturated carbocycles. The molecule has 0 spiro atoms. The third kappa shape index (κ3) is 6.09. The Hall–Kier alpha value is -2.75. The Labute approximate surface area is 207 Å². The highest BCUT2D eigenvalue weighted by molar-refractivity contribution is 7.90. The monoisotopic (exact) mass is 498 g/mol. The molecular formula is C26H34N4O4S. The lowest BCUT2D eigenvalue weighted by molar-refractivity contribution is -0.123. The van der Waals surface area contributed by atoms with Gasteiger partial charge in [0.25, 0.3) is 10.0 Å². The summed E-state index contributed by atoms with van der Waals surface area (Å²) in [4.78, 5) is 20.4. The number of morpholine rings is 1. The van der Waals surface area contributed by atoms with Crippen LogP contribution in [0.25, 0.3) is 0 Å². The topological polar surface area (TPSA) is 100 Å². The Morgan fingerprint density at radius 2 is 2.00 bits per heavy atom. The number of fused-ring (bicyclic) bond motifs is 1. The van der Waals surface area contributed by atoms with Crippen molar-refractivity contribution in [2.75, 3.05) is 19.7 Å². The first-order valence-corrected chi connectivity index (χ1v) is 13.6. The van der Waals surface area contributed by atoms with Gasteiger partial charge in [-0.15, -0.1) is 0 Å². The molecule has 4 rings (SSSR count). The van der Waals surface area contributed by atoms with Crippen LogP contribution in [0.3, 0.4) is 0 Å². The molecule has 35 heavy (non-hydrogen) atoms. The third-order valence-electron chi connectivity index (χ3n) is 6.57. The summed E-state index contributed by atoms with van der Waals surface area (Å²) in [5, 5.41) is 3.01. The van der Waals surface area contributed by atoms with Crippen LogP contribution in [-0.2, 0) is 32.6 Å². The fourth-order valence-corrected chi connectivity index (χ4v) is 5.70. The van der Waals surface area contributed by atoms with Gasteiger partial charge in [-0.25, -0.2) is 8.42 Å². The van der Waals surface area contributed by atoms with Crippen molar-refractivity contribution in [1.82, 2.24) is 14.9 Å². The predicted octanol–water partition coefficient (Wildman–Crippen LogP) is 2.68. The number of ether oxygens (including phenoxy) is 1. The van der Waals surface area contributed by atoms with E-state index in [1.54, 1.807) is 24.3 Å². The molecule has 0 bridgehead atoms. The molecule has 1 unspecified atom stereocenters. The van der Waals surface area contributed by atoms with Crippen molar-refractivity contribution in [3.63, 3.8) is 0 Å². The van der Waals surface area contributed by atoms with Crippen LogP contribution in [0, 0.1) is 5.92 Å². The molecule has 188 valence electrons. The van der Waals surface area contributed by atoms with E-state index in [-0.39, 0.29) is 28.7 Å². The molecule has 1 amide bonds. The summed E-state index contributed by atoms with van der Waals surface area (Å²) in [5.74, 6) is -0.0555. The second kappa shape index (κ2) is 10.9. The van der Waals surface area contributed by atoms with Gasteiger partial charge >= 0.3 is 0 Å². The van der Waals surface area contributed by atoms with Crippen LogP contribution < -0.4 is 10.0 Å². The van der Waals surface area contributed by atoms with Crippen LogP contribution in [0.15, 0.2) is 58.4 Å². The minimum atomic E-state index is -3.66. The highest BCUT2D eigenvalue weighted by Gasteiger charge is 2.33. The zero-order valence-electron chi connectivity index (χ0n) is 20.5. The molecule has 9 heteroatoms. The quantitative estimate of drug-likeness (QED) is 0.583. The average molecular weight is 499 g/mol. The lowest BCUT2D eigenvalue weighted by Crippen LogP contribution is -2.40. The minimum absolute atomic E-state index is 0.0607. The molecule has 2 heterocycles. The predicted molar refractivity (Wildman–Crippen MR) is 136 cm³/mol. The van der Waals surface area contributed by atoms with Gasteiger partial charge in [0.2, 0.25) is 5.91 Å². The van der Waals surface area contributed by atoms with Gasteiger partial charge < -0.3 is 10.1 Å². The summed E-state index contributed by atoms with van der Waals surface area (Å²) < 4.78 is 33.0. The van der Waals surface area contributed by atoms with Crippen LogP contribution >= 0.6 is 0 Å². The molecule has 0 aromatic heterocycles. The number of carbonyl (C=O) groups excluding carboxylic acids is 1. The molecule has 2 aliphatic rings. The number of rotatable bonds is 8. The highest BCUT2D eigenvalue weighted by Crippen LogP contribution is 2.24. The van der Waals surface area contributed by atoms with Gasteiger partial charge in [0.05, 0.1) is 17.6 Å². The molecule has 8 nitrogen and oxygen atoms in total. The Morgan fingerprint density at radius 3 is 2.77 bits per heavy atom. The third-order valence-corrected chi connectivity index (χ3v) is 7.97. The normalized spacial score (nSPS) is 22.3. The minimum Gasteiger partial charge on any atom is -0.376 e. The molecule has 2 aromatic rings. The van der Waals surface area contributed by atoms with E-state index in [4.69, 9.17) is 4.74 Å². The zero-order valence-corrected chi connectivity index (χ0v) is 21.3. The molecule has 0 radical (unpaired) electrons. The number of amidine groups is 1. The molecule has 3 atom stereocenters. The summed E-state index contributed by atoms with van der Waals surface area (Å²) in [6.45, 7) is 9.83. The van der Waals surface area contributed by atoms with E-state index in [2.05, 4.69) is 39.0 Å². The van der Waals surface area contributed by atoms with Crippen LogP contribution in [0.2, 0.25) is 0 Å². The Balaban J connectivity index is 1.45. The Kier molecular flexibility index (Phi) is 7.88. The van der Waals surface area contributed by atoms with Gasteiger partial charge in [-0.1, -0.05) is 56.7 Å². The number of aliphatic imine (C=N–C) groups is 1. The number of carbonyl (C=O) groups is 1. The van der Waals surface area contributed by atoms with Gasteiger partial charge in [0, 0.05) is 31.7 Å². The SMILES string of the molecule is CC[C@H](C)[C@H](N=C1NS(=O)(=O)c2ccccc21)C(=O)NCc1cccc(CN2CCOC(C)C2)c1. The summed E-state index contributed by atoms with van der Waals surface area (Å²) in [6, 6.07) is 14.2. The number of sulfonamides is 1. The fourth-order valence-electron chi connectivity index (χ4n) is 4.46. The molecule has 2 aromatic carbocycles. The Bertz CT molecular complexity index is 1200. The lowest BCUT2D eigenvalue weighted by Gasteiger charge is -2.31. The van der Waals surface area contributed by atoms with Crippen LogP contribution in [0.5, 0.6) is 0 Å². The summed E-state index contributed by atoms with van der Waals surface area (Å²) in [5.41, 5.74) is 2.71. The van der Waals surface area contributed by atoms with Crippen molar-refractivity contribution < 1.29 is 17.9 Å². The summed E-state index contributed by atoms with van der Waals surface area (Å²) >= 11 is 0. The first-order valence-electron chi connectivity index (χ1n) is 12.2. The van der Waals surface area contributed by atoms with Crippen LogP contribution in [-0.4, -0.2) is 56.9 Å². The van der Waals surface area contributed by atoms with E-state index < -0.39 is 16.1 Å². The maximum absolute atomic E-state index is 13.2. The number of nitrogens with zero attached hydrogens (tertiary/aromatic N) is 2. The Morgan fingerprint density at radius 1 is 1.23 bits per heavy atom. The number of nitrogens with one attached hydrogen (secondary N) is 2. The zero-order chi connectivity index (χ0) is 25.0. The number of benzene rings is 2. The first kappa shape index (κ1) is 25.3. The molecule has 2 aliphatic heterocycles. The van der Waals surface area contributed by atoms with Crippen molar-refractivity contribution in [1.29, 1.82) is 0 Å². The lowest BCUT2D eigenvalue weighted by atomic mass is 9.98. The van der Waals surface area contributed by atoms with Crippen LogP contribution in [0.4, 0.5) is 0 Å². The molecule has 1 saturated heterocycles. The van der Waals surface area contributed by atoms with Gasteiger partial charge in [-0.05, 0) is 36.1 Å². The second-order valence-electron chi connectivity index (χ2n) is 9.36. The van der Waals surface area contributed by atoms with E-state index in [9.17, 15) is 13.2 Å². The molecule has 0 aliphatic carbocycles. The van der Waals surface area contributed by atoms with Gasteiger partial charge in [-0.3, -0.25) is 19.4 Å². The van der Waals surface area contributed by atoms with Crippen molar-refractivity contribution >= 4 is 21.8 Å².